The van der Waals surface area contributed by atoms with Crippen LogP contribution < -0.4 is 5.32 Å². The highest BCUT2D eigenvalue weighted by Gasteiger charge is 2.41. The second-order valence-electron chi connectivity index (χ2n) is 4.48. The van der Waals surface area contributed by atoms with Crippen molar-refractivity contribution in [3.8, 4) is 0 Å². The average molecular weight is 316 g/mol. The predicted octanol–water partition coefficient (Wildman–Crippen LogP) is 3.50. The summed E-state index contributed by atoms with van der Waals surface area (Å²) < 4.78 is 1.33. The number of thioether (sulfide) groups is 1. The zero-order valence-corrected chi connectivity index (χ0v) is 12.7. The molecule has 17 heavy (non-hydrogen) atoms. The maximum Gasteiger partial charge on any atom is 0.132 e. The second-order valence-corrected chi connectivity index (χ2v) is 6.57. The van der Waals surface area contributed by atoms with Gasteiger partial charge in [0.05, 0.1) is 0 Å². The first-order valence-electron chi connectivity index (χ1n) is 6.00. The fraction of sp³-hybridized carbons (Fsp3) is 0.667. The quantitative estimate of drug-likeness (QED) is 0.815. The van der Waals surface area contributed by atoms with Crippen molar-refractivity contribution < 1.29 is 0 Å². The molecule has 1 aromatic rings. The molecule has 0 bridgehead atoms. The number of nitrogens with zero attached hydrogens (tertiary/aromatic N) is 2. The molecule has 94 valence electrons. The zero-order chi connectivity index (χ0) is 12.3. The summed E-state index contributed by atoms with van der Waals surface area (Å²) in [5, 5.41) is 3.44. The number of hydrogen-bond acceptors (Lipinski definition) is 4. The molecule has 0 unspecified atom stereocenters. The SMILES string of the molecule is CCCc1nc(Br)cc(NCC2(SC)CC2)n1. The van der Waals surface area contributed by atoms with Crippen LogP contribution in [-0.4, -0.2) is 27.5 Å². The maximum absolute atomic E-state index is 4.53. The van der Waals surface area contributed by atoms with Gasteiger partial charge in [0.1, 0.15) is 16.2 Å². The lowest BCUT2D eigenvalue weighted by atomic mass is 10.3. The van der Waals surface area contributed by atoms with Gasteiger partial charge in [0.2, 0.25) is 0 Å². The van der Waals surface area contributed by atoms with E-state index in [-0.39, 0.29) is 0 Å². The molecule has 1 aliphatic rings. The molecule has 1 aromatic heterocycles. The van der Waals surface area contributed by atoms with Gasteiger partial charge in [-0.3, -0.25) is 0 Å². The zero-order valence-electron chi connectivity index (χ0n) is 10.3. The van der Waals surface area contributed by atoms with Crippen molar-refractivity contribution in [1.82, 2.24) is 9.97 Å². The van der Waals surface area contributed by atoms with Crippen LogP contribution in [0.2, 0.25) is 0 Å². The Hall–Kier alpha value is -0.290. The van der Waals surface area contributed by atoms with Crippen molar-refractivity contribution >= 4 is 33.5 Å². The number of aromatic nitrogens is 2. The first-order valence-corrected chi connectivity index (χ1v) is 8.02. The summed E-state index contributed by atoms with van der Waals surface area (Å²) >= 11 is 5.40. The third-order valence-electron chi connectivity index (χ3n) is 3.05. The van der Waals surface area contributed by atoms with Gasteiger partial charge in [-0.2, -0.15) is 11.8 Å². The number of rotatable bonds is 6. The van der Waals surface area contributed by atoms with Gasteiger partial charge >= 0.3 is 0 Å². The van der Waals surface area contributed by atoms with E-state index in [4.69, 9.17) is 0 Å². The lowest BCUT2D eigenvalue weighted by Gasteiger charge is -2.14. The molecule has 0 amide bonds. The number of nitrogens with one attached hydrogen (secondary N) is 1. The van der Waals surface area contributed by atoms with Crippen molar-refractivity contribution in [3.05, 3.63) is 16.5 Å². The van der Waals surface area contributed by atoms with Gasteiger partial charge in [-0.15, -0.1) is 0 Å². The first kappa shape index (κ1) is 13.1. The molecule has 0 aromatic carbocycles. The van der Waals surface area contributed by atoms with Crippen LogP contribution >= 0.6 is 27.7 Å². The minimum Gasteiger partial charge on any atom is -0.369 e. The Kier molecular flexibility index (Phi) is 4.31. The van der Waals surface area contributed by atoms with E-state index in [1.807, 2.05) is 17.8 Å². The molecule has 0 spiro atoms. The molecule has 1 saturated carbocycles. The largest absolute Gasteiger partial charge is 0.369 e. The summed E-state index contributed by atoms with van der Waals surface area (Å²) in [4.78, 5) is 8.89. The van der Waals surface area contributed by atoms with Crippen molar-refractivity contribution in [1.29, 1.82) is 0 Å². The van der Waals surface area contributed by atoms with Crippen LogP contribution in [-0.2, 0) is 6.42 Å². The topological polar surface area (TPSA) is 37.8 Å². The van der Waals surface area contributed by atoms with E-state index in [9.17, 15) is 0 Å². The molecule has 0 aliphatic heterocycles. The Labute approximate surface area is 115 Å². The molecule has 1 aliphatic carbocycles. The van der Waals surface area contributed by atoms with Crippen molar-refractivity contribution in [2.24, 2.45) is 0 Å². The van der Waals surface area contributed by atoms with Gasteiger partial charge in [-0.1, -0.05) is 6.92 Å². The van der Waals surface area contributed by atoms with E-state index in [1.54, 1.807) is 0 Å². The molecule has 0 atom stereocenters. The minimum atomic E-state index is 0.461. The van der Waals surface area contributed by atoms with Crippen LogP contribution in [0.1, 0.15) is 32.0 Å². The van der Waals surface area contributed by atoms with Crippen LogP contribution in [0.5, 0.6) is 0 Å². The van der Waals surface area contributed by atoms with E-state index < -0.39 is 0 Å². The van der Waals surface area contributed by atoms with Crippen LogP contribution in [0.4, 0.5) is 5.82 Å². The normalized spacial score (nSPS) is 16.9. The standard InChI is InChI=1S/C12H18BrN3S/c1-3-4-10-15-9(13)7-11(16-10)14-8-12(17-2)5-6-12/h7H,3-6,8H2,1-2H3,(H,14,15,16). The summed E-state index contributed by atoms with van der Waals surface area (Å²) in [7, 11) is 0. The van der Waals surface area contributed by atoms with E-state index in [2.05, 4.69) is 44.4 Å². The highest BCUT2D eigenvalue weighted by Crippen LogP contribution is 2.46. The van der Waals surface area contributed by atoms with Crippen molar-refractivity contribution in [2.45, 2.75) is 37.4 Å². The van der Waals surface area contributed by atoms with Gasteiger partial charge in [0.25, 0.3) is 0 Å². The average Bonchev–Trinajstić information content (AvgIpc) is 3.07. The fourth-order valence-corrected chi connectivity index (χ4v) is 2.88. The number of halogens is 1. The highest BCUT2D eigenvalue weighted by molar-refractivity contribution is 9.10. The van der Waals surface area contributed by atoms with Crippen molar-refractivity contribution in [2.75, 3.05) is 18.1 Å². The van der Waals surface area contributed by atoms with Crippen LogP contribution in [0, 0.1) is 0 Å². The molecule has 3 nitrogen and oxygen atoms in total. The Balaban J connectivity index is 2.00. The molecule has 0 saturated heterocycles. The second kappa shape index (κ2) is 5.57. The maximum atomic E-state index is 4.53. The Morgan fingerprint density at radius 1 is 1.47 bits per heavy atom. The summed E-state index contributed by atoms with van der Waals surface area (Å²) in [6, 6.07) is 1.95. The van der Waals surface area contributed by atoms with Gasteiger partial charge < -0.3 is 5.32 Å². The van der Waals surface area contributed by atoms with Gasteiger partial charge in [-0.05, 0) is 41.4 Å². The van der Waals surface area contributed by atoms with Crippen LogP contribution in [0.3, 0.4) is 0 Å². The van der Waals surface area contributed by atoms with Gasteiger partial charge in [0.15, 0.2) is 0 Å². The van der Waals surface area contributed by atoms with E-state index >= 15 is 0 Å². The number of aryl methyl sites for hydroxylation is 1. The third-order valence-corrected chi connectivity index (χ3v) is 4.87. The van der Waals surface area contributed by atoms with E-state index in [0.717, 1.165) is 35.6 Å². The molecule has 2 rings (SSSR count). The molecule has 5 heteroatoms. The Bertz CT molecular complexity index is 393. The smallest absolute Gasteiger partial charge is 0.132 e. The third kappa shape index (κ3) is 3.58. The highest BCUT2D eigenvalue weighted by atomic mass is 79.9. The molecular formula is C12H18BrN3S. The van der Waals surface area contributed by atoms with E-state index in [0.29, 0.717) is 4.75 Å². The van der Waals surface area contributed by atoms with Gasteiger partial charge in [-0.25, -0.2) is 9.97 Å². The number of anilines is 1. The summed E-state index contributed by atoms with van der Waals surface area (Å²) in [5.41, 5.74) is 0. The first-order chi connectivity index (χ1) is 8.17. The molecular weight excluding hydrogens is 298 g/mol. The molecule has 0 radical (unpaired) electrons. The summed E-state index contributed by atoms with van der Waals surface area (Å²) in [6.07, 6.45) is 6.82. The Morgan fingerprint density at radius 2 is 2.24 bits per heavy atom. The van der Waals surface area contributed by atoms with Crippen molar-refractivity contribution in [3.63, 3.8) is 0 Å². The molecule has 1 heterocycles. The predicted molar refractivity (Wildman–Crippen MR) is 77.7 cm³/mol. The van der Waals surface area contributed by atoms with Crippen LogP contribution in [0.25, 0.3) is 0 Å². The fourth-order valence-electron chi connectivity index (χ4n) is 1.73. The minimum absolute atomic E-state index is 0.461. The summed E-state index contributed by atoms with van der Waals surface area (Å²) in [5.74, 6) is 1.86. The molecule has 1 N–H and O–H groups in total. The van der Waals surface area contributed by atoms with E-state index in [1.165, 1.54) is 12.8 Å². The number of hydrogen-bond donors (Lipinski definition) is 1. The van der Waals surface area contributed by atoms with Gasteiger partial charge in [0, 0.05) is 23.8 Å². The van der Waals surface area contributed by atoms with Crippen LogP contribution in [0.15, 0.2) is 10.7 Å². The molecule has 1 fully saturated rings. The summed E-state index contributed by atoms with van der Waals surface area (Å²) in [6.45, 7) is 3.15. The Morgan fingerprint density at radius 3 is 2.82 bits per heavy atom. The monoisotopic (exact) mass is 315 g/mol. The lowest BCUT2D eigenvalue weighted by Crippen LogP contribution is -2.18. The lowest BCUT2D eigenvalue weighted by molar-refractivity contribution is 0.825.